The van der Waals surface area contributed by atoms with Crippen molar-refractivity contribution in [3.8, 4) is 0 Å². The molecule has 0 saturated heterocycles. The van der Waals surface area contributed by atoms with Crippen LogP contribution in [-0.2, 0) is 13.5 Å². The maximum Gasteiger partial charge on any atom is 0.286 e. The minimum absolute atomic E-state index is 0.289. The van der Waals surface area contributed by atoms with E-state index in [0.717, 1.165) is 0 Å². The Kier molecular flexibility index (Phi) is 2.90. The summed E-state index contributed by atoms with van der Waals surface area (Å²) < 4.78 is 1.45. The van der Waals surface area contributed by atoms with Crippen LogP contribution in [0.2, 0.25) is 5.15 Å². The fourth-order valence-corrected chi connectivity index (χ4v) is 1.37. The molecule has 0 radical (unpaired) electrons. The zero-order valence-corrected chi connectivity index (χ0v) is 8.22. The molecule has 6 heteroatoms. The summed E-state index contributed by atoms with van der Waals surface area (Å²) in [4.78, 5) is 11.2. The van der Waals surface area contributed by atoms with E-state index in [1.54, 1.807) is 7.05 Å². The first-order valence-electron chi connectivity index (χ1n) is 3.84. The number of aryl methyl sites for hydroxylation is 1. The number of nitrogens with one attached hydrogen (secondary N) is 1. The van der Waals surface area contributed by atoms with Gasteiger partial charge in [-0.2, -0.15) is 5.10 Å². The van der Waals surface area contributed by atoms with E-state index in [1.165, 1.54) is 4.68 Å². The van der Waals surface area contributed by atoms with Crippen molar-refractivity contribution in [2.75, 3.05) is 0 Å². The summed E-state index contributed by atoms with van der Waals surface area (Å²) in [6.45, 7) is 1.90. The second kappa shape index (κ2) is 3.76. The molecule has 0 aliphatic carbocycles. The molecular weight excluding hydrogens is 192 g/mol. The van der Waals surface area contributed by atoms with E-state index in [9.17, 15) is 4.79 Å². The quantitative estimate of drug-likeness (QED) is 0.410. The molecule has 0 aliphatic heterocycles. The molecule has 5 nitrogen and oxygen atoms in total. The van der Waals surface area contributed by atoms with Crippen molar-refractivity contribution < 1.29 is 4.79 Å². The summed E-state index contributed by atoms with van der Waals surface area (Å²) in [6, 6.07) is 0. The van der Waals surface area contributed by atoms with Crippen LogP contribution >= 0.6 is 11.6 Å². The van der Waals surface area contributed by atoms with E-state index < -0.39 is 5.91 Å². The van der Waals surface area contributed by atoms with Crippen LogP contribution in [0.4, 0.5) is 0 Å². The first kappa shape index (κ1) is 10.0. The Hall–Kier alpha value is -1.07. The lowest BCUT2D eigenvalue weighted by Gasteiger charge is -1.96. The zero-order valence-electron chi connectivity index (χ0n) is 7.47. The van der Waals surface area contributed by atoms with Gasteiger partial charge in [0.15, 0.2) is 5.69 Å². The predicted octanol–water partition coefficient (Wildman–Crippen LogP) is 0.239. The second-order valence-electron chi connectivity index (χ2n) is 2.57. The van der Waals surface area contributed by atoms with Gasteiger partial charge in [-0.1, -0.05) is 18.5 Å². The molecule has 1 aromatic heterocycles. The van der Waals surface area contributed by atoms with Gasteiger partial charge in [0.1, 0.15) is 5.15 Å². The summed E-state index contributed by atoms with van der Waals surface area (Å²) in [5.74, 6) is 4.58. The predicted molar refractivity (Wildman–Crippen MR) is 49.2 cm³/mol. The fraction of sp³-hybridized carbons (Fsp3) is 0.429. The lowest BCUT2D eigenvalue weighted by Crippen LogP contribution is -2.31. The highest BCUT2D eigenvalue weighted by atomic mass is 35.5. The van der Waals surface area contributed by atoms with Gasteiger partial charge in [-0.15, -0.1) is 0 Å². The van der Waals surface area contributed by atoms with Crippen molar-refractivity contribution in [2.24, 2.45) is 12.9 Å². The Labute approximate surface area is 80.8 Å². The average molecular weight is 203 g/mol. The lowest BCUT2D eigenvalue weighted by atomic mass is 10.2. The number of amides is 1. The maximum atomic E-state index is 11.2. The Morgan fingerprint density at radius 2 is 2.38 bits per heavy atom. The molecule has 0 fully saturated rings. The van der Waals surface area contributed by atoms with E-state index >= 15 is 0 Å². The molecule has 1 aromatic rings. The van der Waals surface area contributed by atoms with Gasteiger partial charge in [0.2, 0.25) is 0 Å². The van der Waals surface area contributed by atoms with Crippen molar-refractivity contribution in [3.63, 3.8) is 0 Å². The van der Waals surface area contributed by atoms with Crippen molar-refractivity contribution >= 4 is 17.5 Å². The molecule has 0 atom stereocenters. The van der Waals surface area contributed by atoms with E-state index in [0.29, 0.717) is 17.1 Å². The lowest BCUT2D eigenvalue weighted by molar-refractivity contribution is 0.0947. The van der Waals surface area contributed by atoms with Gasteiger partial charge >= 0.3 is 0 Å². The number of nitrogens with zero attached hydrogens (tertiary/aromatic N) is 2. The summed E-state index contributed by atoms with van der Waals surface area (Å²) in [5, 5.41) is 4.42. The van der Waals surface area contributed by atoms with Gasteiger partial charge in [0.05, 0.1) is 0 Å². The van der Waals surface area contributed by atoms with Gasteiger partial charge in [-0.25, -0.2) is 5.84 Å². The minimum Gasteiger partial charge on any atom is -0.289 e. The number of nitrogen functional groups attached to an aromatic ring is 1. The van der Waals surface area contributed by atoms with Crippen LogP contribution in [0.15, 0.2) is 0 Å². The smallest absolute Gasteiger partial charge is 0.286 e. The highest BCUT2D eigenvalue weighted by molar-refractivity contribution is 6.30. The molecular formula is C7H11ClN4O. The van der Waals surface area contributed by atoms with Crippen LogP contribution in [0.1, 0.15) is 23.0 Å². The summed E-state index contributed by atoms with van der Waals surface area (Å²) in [5.41, 5.74) is 3.03. The van der Waals surface area contributed by atoms with Crippen molar-refractivity contribution in [1.82, 2.24) is 15.2 Å². The largest absolute Gasteiger partial charge is 0.289 e. The molecule has 0 bridgehead atoms. The molecule has 0 aliphatic rings. The van der Waals surface area contributed by atoms with Crippen molar-refractivity contribution in [1.29, 1.82) is 0 Å². The highest BCUT2D eigenvalue weighted by Gasteiger charge is 2.18. The molecule has 0 aromatic carbocycles. The van der Waals surface area contributed by atoms with Gasteiger partial charge in [-0.05, 0) is 6.42 Å². The zero-order chi connectivity index (χ0) is 10.0. The number of carbonyl (C=O) groups excluding carboxylic acids is 1. The standard InChI is InChI=1S/C7H11ClN4O/c1-3-4-5(7(13)10-9)11-12(2)6(4)8/h3,9H2,1-2H3,(H,10,13). The molecule has 0 saturated carbocycles. The van der Waals surface area contributed by atoms with Gasteiger partial charge in [0.25, 0.3) is 5.91 Å². The van der Waals surface area contributed by atoms with Crippen LogP contribution in [0.5, 0.6) is 0 Å². The fourth-order valence-electron chi connectivity index (χ4n) is 1.11. The third kappa shape index (κ3) is 1.66. The van der Waals surface area contributed by atoms with Crippen LogP contribution in [-0.4, -0.2) is 15.7 Å². The van der Waals surface area contributed by atoms with Crippen LogP contribution < -0.4 is 11.3 Å². The van der Waals surface area contributed by atoms with E-state index in [1.807, 2.05) is 12.3 Å². The van der Waals surface area contributed by atoms with Crippen molar-refractivity contribution in [2.45, 2.75) is 13.3 Å². The normalized spacial score (nSPS) is 10.2. The summed E-state index contributed by atoms with van der Waals surface area (Å²) in [6.07, 6.45) is 0.648. The average Bonchev–Trinajstić information content (AvgIpc) is 2.42. The number of rotatable bonds is 2. The third-order valence-electron chi connectivity index (χ3n) is 1.77. The molecule has 1 rings (SSSR count). The third-order valence-corrected chi connectivity index (χ3v) is 2.24. The number of carbonyl (C=O) groups is 1. The first-order valence-corrected chi connectivity index (χ1v) is 4.21. The number of hydrogen-bond donors (Lipinski definition) is 2. The molecule has 1 heterocycles. The molecule has 72 valence electrons. The monoisotopic (exact) mass is 202 g/mol. The van der Waals surface area contributed by atoms with E-state index in [4.69, 9.17) is 17.4 Å². The SMILES string of the molecule is CCc1c(C(=O)NN)nn(C)c1Cl. The van der Waals surface area contributed by atoms with Gasteiger partial charge in [0, 0.05) is 12.6 Å². The van der Waals surface area contributed by atoms with Crippen LogP contribution in [0, 0.1) is 0 Å². The Morgan fingerprint density at radius 1 is 1.77 bits per heavy atom. The van der Waals surface area contributed by atoms with E-state index in [2.05, 4.69) is 5.10 Å². The summed E-state index contributed by atoms with van der Waals surface area (Å²) >= 11 is 5.89. The number of hydrazine groups is 1. The van der Waals surface area contributed by atoms with Crippen LogP contribution in [0.3, 0.4) is 0 Å². The topological polar surface area (TPSA) is 72.9 Å². The first-order chi connectivity index (χ1) is 6.11. The number of aromatic nitrogens is 2. The Morgan fingerprint density at radius 3 is 2.85 bits per heavy atom. The van der Waals surface area contributed by atoms with E-state index in [-0.39, 0.29) is 5.69 Å². The molecule has 13 heavy (non-hydrogen) atoms. The number of halogens is 1. The number of nitrogens with two attached hydrogens (primary N) is 1. The number of hydrogen-bond acceptors (Lipinski definition) is 3. The summed E-state index contributed by atoms with van der Waals surface area (Å²) in [7, 11) is 1.68. The molecule has 0 spiro atoms. The second-order valence-corrected chi connectivity index (χ2v) is 2.93. The molecule has 1 amide bonds. The maximum absolute atomic E-state index is 11.2. The Bertz CT molecular complexity index is 333. The minimum atomic E-state index is -0.417. The molecule has 0 unspecified atom stereocenters. The molecule has 3 N–H and O–H groups in total. The van der Waals surface area contributed by atoms with Crippen LogP contribution in [0.25, 0.3) is 0 Å². The Balaban J connectivity index is 3.21. The van der Waals surface area contributed by atoms with Crippen molar-refractivity contribution in [3.05, 3.63) is 16.4 Å². The van der Waals surface area contributed by atoms with Gasteiger partial charge < -0.3 is 0 Å². The highest BCUT2D eigenvalue weighted by Crippen LogP contribution is 2.19. The van der Waals surface area contributed by atoms with Gasteiger partial charge in [-0.3, -0.25) is 14.9 Å².